The molecule has 0 amide bonds. The lowest BCUT2D eigenvalue weighted by Crippen LogP contribution is -2.37. The minimum Gasteiger partial charge on any atom is -0.383 e. The van der Waals surface area contributed by atoms with E-state index in [4.69, 9.17) is 21.1 Å². The molecule has 1 N–H and O–H groups in total. The zero-order chi connectivity index (χ0) is 13.7. The van der Waals surface area contributed by atoms with Crippen molar-refractivity contribution in [2.75, 3.05) is 50.2 Å². The van der Waals surface area contributed by atoms with Crippen molar-refractivity contribution in [3.8, 4) is 0 Å². The molecule has 2 rings (SSSR count). The van der Waals surface area contributed by atoms with Gasteiger partial charge in [0.25, 0.3) is 0 Å². The van der Waals surface area contributed by atoms with Gasteiger partial charge >= 0.3 is 0 Å². The zero-order valence-electron chi connectivity index (χ0n) is 11.1. The van der Waals surface area contributed by atoms with Gasteiger partial charge in [-0.2, -0.15) is 15.0 Å². The van der Waals surface area contributed by atoms with Crippen LogP contribution in [0.1, 0.15) is 6.92 Å². The van der Waals surface area contributed by atoms with Crippen LogP contribution >= 0.6 is 11.6 Å². The van der Waals surface area contributed by atoms with E-state index >= 15 is 0 Å². The molecule has 106 valence electrons. The molecule has 7 nitrogen and oxygen atoms in total. The molecule has 0 aliphatic carbocycles. The smallest absolute Gasteiger partial charge is 0.231 e. The predicted molar refractivity (Wildman–Crippen MR) is 72.8 cm³/mol. The molecule has 1 fully saturated rings. The highest BCUT2D eigenvalue weighted by atomic mass is 35.5. The SMILES string of the molecule is COCC(C)Nc1nc(Cl)nc(N2CCOCC2)n1. The molecule has 2 heterocycles. The van der Waals surface area contributed by atoms with Crippen LogP contribution in [0, 0.1) is 0 Å². The third-order valence-corrected chi connectivity index (χ3v) is 2.85. The maximum atomic E-state index is 5.94. The fourth-order valence-electron chi connectivity index (χ4n) is 1.82. The molecule has 0 aromatic carbocycles. The maximum Gasteiger partial charge on any atom is 0.231 e. The van der Waals surface area contributed by atoms with Gasteiger partial charge in [-0.15, -0.1) is 0 Å². The second-order valence-corrected chi connectivity index (χ2v) is 4.67. The molecular weight excluding hydrogens is 270 g/mol. The Morgan fingerprint density at radius 3 is 2.79 bits per heavy atom. The van der Waals surface area contributed by atoms with Gasteiger partial charge in [-0.05, 0) is 18.5 Å². The molecule has 1 aliphatic rings. The summed E-state index contributed by atoms with van der Waals surface area (Å²) >= 11 is 5.94. The van der Waals surface area contributed by atoms with Crippen molar-refractivity contribution in [2.24, 2.45) is 0 Å². The quantitative estimate of drug-likeness (QED) is 0.859. The van der Waals surface area contributed by atoms with Gasteiger partial charge in [0.1, 0.15) is 0 Å². The van der Waals surface area contributed by atoms with E-state index in [9.17, 15) is 0 Å². The standard InChI is InChI=1S/C11H18ClN5O2/c1-8(7-18-2)13-10-14-9(12)15-11(16-10)17-3-5-19-6-4-17/h8H,3-7H2,1-2H3,(H,13,14,15,16). The van der Waals surface area contributed by atoms with Crippen molar-refractivity contribution < 1.29 is 9.47 Å². The van der Waals surface area contributed by atoms with Crippen LogP contribution in [-0.2, 0) is 9.47 Å². The Labute approximate surface area is 117 Å². The summed E-state index contributed by atoms with van der Waals surface area (Å²) in [7, 11) is 1.65. The molecule has 0 saturated carbocycles. The summed E-state index contributed by atoms with van der Waals surface area (Å²) in [6.45, 7) is 5.41. The molecule has 0 bridgehead atoms. The molecule has 1 unspecified atom stereocenters. The molecule has 1 aliphatic heterocycles. The topological polar surface area (TPSA) is 72.4 Å². The summed E-state index contributed by atoms with van der Waals surface area (Å²) in [5.74, 6) is 1.04. The number of methoxy groups -OCH3 is 1. The number of rotatable bonds is 5. The second-order valence-electron chi connectivity index (χ2n) is 4.33. The molecule has 0 spiro atoms. The van der Waals surface area contributed by atoms with Crippen molar-refractivity contribution >= 4 is 23.5 Å². The second kappa shape index (κ2) is 6.83. The number of hydrogen-bond donors (Lipinski definition) is 1. The van der Waals surface area contributed by atoms with Gasteiger partial charge < -0.3 is 19.7 Å². The Morgan fingerprint density at radius 2 is 2.11 bits per heavy atom. The predicted octanol–water partition coefficient (Wildman–Crippen LogP) is 0.808. The molecule has 1 aromatic rings. The fraction of sp³-hybridized carbons (Fsp3) is 0.727. The van der Waals surface area contributed by atoms with Crippen LogP contribution in [0.2, 0.25) is 5.28 Å². The van der Waals surface area contributed by atoms with E-state index in [-0.39, 0.29) is 11.3 Å². The lowest BCUT2D eigenvalue weighted by atomic mass is 10.4. The number of hydrogen-bond acceptors (Lipinski definition) is 7. The molecule has 1 aromatic heterocycles. The van der Waals surface area contributed by atoms with E-state index in [0.717, 1.165) is 13.1 Å². The Bertz CT molecular complexity index is 414. The Hall–Kier alpha value is -1.18. The molecule has 1 saturated heterocycles. The normalized spacial score (nSPS) is 17.3. The summed E-state index contributed by atoms with van der Waals surface area (Å²) in [4.78, 5) is 14.6. The van der Waals surface area contributed by atoms with Gasteiger partial charge in [0.2, 0.25) is 17.2 Å². The highest BCUT2D eigenvalue weighted by Crippen LogP contribution is 2.15. The zero-order valence-corrected chi connectivity index (χ0v) is 11.9. The highest BCUT2D eigenvalue weighted by molar-refractivity contribution is 6.28. The van der Waals surface area contributed by atoms with Crippen LogP contribution in [0.15, 0.2) is 0 Å². The number of nitrogens with zero attached hydrogens (tertiary/aromatic N) is 4. The van der Waals surface area contributed by atoms with Crippen LogP contribution in [0.4, 0.5) is 11.9 Å². The number of morpholine rings is 1. The van der Waals surface area contributed by atoms with Crippen molar-refractivity contribution in [3.05, 3.63) is 5.28 Å². The van der Waals surface area contributed by atoms with Crippen LogP contribution in [0.3, 0.4) is 0 Å². The molecule has 1 atom stereocenters. The number of anilines is 2. The van der Waals surface area contributed by atoms with Gasteiger partial charge in [0.05, 0.1) is 19.8 Å². The van der Waals surface area contributed by atoms with Crippen LogP contribution in [0.5, 0.6) is 0 Å². The highest BCUT2D eigenvalue weighted by Gasteiger charge is 2.16. The van der Waals surface area contributed by atoms with E-state index in [2.05, 4.69) is 20.3 Å². The van der Waals surface area contributed by atoms with Crippen molar-refractivity contribution in [3.63, 3.8) is 0 Å². The number of nitrogens with one attached hydrogen (secondary N) is 1. The van der Waals surface area contributed by atoms with Crippen LogP contribution < -0.4 is 10.2 Å². The third-order valence-electron chi connectivity index (χ3n) is 2.68. The Kier molecular flexibility index (Phi) is 5.12. The minimum atomic E-state index is 0.0982. The Morgan fingerprint density at radius 1 is 1.37 bits per heavy atom. The third kappa shape index (κ3) is 4.15. The van der Waals surface area contributed by atoms with Crippen molar-refractivity contribution in [1.82, 2.24) is 15.0 Å². The van der Waals surface area contributed by atoms with Crippen LogP contribution in [0.25, 0.3) is 0 Å². The lowest BCUT2D eigenvalue weighted by molar-refractivity contribution is 0.122. The Balaban J connectivity index is 2.09. The fourth-order valence-corrected chi connectivity index (χ4v) is 1.98. The van der Waals surface area contributed by atoms with Crippen LogP contribution in [-0.4, -0.2) is 61.0 Å². The van der Waals surface area contributed by atoms with E-state index < -0.39 is 0 Å². The number of aromatic nitrogens is 3. The first-order valence-corrected chi connectivity index (χ1v) is 6.56. The van der Waals surface area contributed by atoms with Gasteiger partial charge in [0, 0.05) is 26.2 Å². The van der Waals surface area contributed by atoms with E-state index in [0.29, 0.717) is 31.7 Å². The largest absolute Gasteiger partial charge is 0.383 e. The van der Waals surface area contributed by atoms with E-state index in [1.807, 2.05) is 11.8 Å². The first-order chi connectivity index (χ1) is 9.19. The monoisotopic (exact) mass is 287 g/mol. The summed E-state index contributed by atoms with van der Waals surface area (Å²) in [5, 5.41) is 3.32. The van der Waals surface area contributed by atoms with Gasteiger partial charge in [0.15, 0.2) is 0 Å². The molecular formula is C11H18ClN5O2. The molecule has 8 heteroatoms. The van der Waals surface area contributed by atoms with Gasteiger partial charge in [-0.1, -0.05) is 0 Å². The summed E-state index contributed by atoms with van der Waals surface area (Å²) in [6.07, 6.45) is 0. The number of halogens is 1. The summed E-state index contributed by atoms with van der Waals surface area (Å²) in [6, 6.07) is 0.0982. The van der Waals surface area contributed by atoms with Gasteiger partial charge in [-0.3, -0.25) is 0 Å². The van der Waals surface area contributed by atoms with E-state index in [1.54, 1.807) is 7.11 Å². The first kappa shape index (κ1) is 14.2. The van der Waals surface area contributed by atoms with E-state index in [1.165, 1.54) is 0 Å². The lowest BCUT2D eigenvalue weighted by Gasteiger charge is -2.27. The average Bonchev–Trinajstić information content (AvgIpc) is 2.39. The minimum absolute atomic E-state index is 0.0982. The molecule has 19 heavy (non-hydrogen) atoms. The summed E-state index contributed by atoms with van der Waals surface area (Å²) in [5.41, 5.74) is 0. The summed E-state index contributed by atoms with van der Waals surface area (Å²) < 4.78 is 10.4. The molecule has 0 radical (unpaired) electrons. The van der Waals surface area contributed by atoms with Gasteiger partial charge in [-0.25, -0.2) is 0 Å². The maximum absolute atomic E-state index is 5.94. The first-order valence-electron chi connectivity index (χ1n) is 6.19. The van der Waals surface area contributed by atoms with Crippen molar-refractivity contribution in [2.45, 2.75) is 13.0 Å². The van der Waals surface area contributed by atoms with Crippen molar-refractivity contribution in [1.29, 1.82) is 0 Å². The number of ether oxygens (including phenoxy) is 2. The average molecular weight is 288 g/mol.